The lowest BCUT2D eigenvalue weighted by atomic mass is 9.74. The van der Waals surface area contributed by atoms with Crippen molar-refractivity contribution in [1.29, 1.82) is 0 Å². The van der Waals surface area contributed by atoms with Gasteiger partial charge in [-0.3, -0.25) is 4.68 Å². The molecule has 0 spiro atoms. The van der Waals surface area contributed by atoms with Gasteiger partial charge in [-0.1, -0.05) is 12.8 Å². The molecule has 3 aromatic heterocycles. The fourth-order valence-corrected chi connectivity index (χ4v) is 5.12. The van der Waals surface area contributed by atoms with Crippen LogP contribution in [0.15, 0.2) is 24.5 Å². The first kappa shape index (κ1) is 23.4. The molecule has 0 bridgehead atoms. The second-order valence-corrected chi connectivity index (χ2v) is 9.96. The van der Waals surface area contributed by atoms with Crippen molar-refractivity contribution in [3.05, 3.63) is 41.7 Å². The summed E-state index contributed by atoms with van der Waals surface area (Å²) in [7, 11) is 1.45. The molecule has 4 aromatic rings. The van der Waals surface area contributed by atoms with Gasteiger partial charge >= 0.3 is 0 Å². The Morgan fingerprint density at radius 3 is 2.77 bits per heavy atom. The van der Waals surface area contributed by atoms with Crippen molar-refractivity contribution in [1.82, 2.24) is 29.4 Å². The third-order valence-corrected chi connectivity index (χ3v) is 6.67. The van der Waals surface area contributed by atoms with Crippen LogP contribution in [0.5, 0.6) is 5.75 Å². The number of nitrogens with zero attached hydrogens (tertiary/aromatic N) is 6. The summed E-state index contributed by atoms with van der Waals surface area (Å²) in [4.78, 5) is 9.14. The van der Waals surface area contributed by atoms with Crippen LogP contribution >= 0.6 is 0 Å². The smallest absolute Gasteiger partial charge is 0.223 e. The van der Waals surface area contributed by atoms with Gasteiger partial charge in [0.15, 0.2) is 11.5 Å². The molecule has 0 amide bonds. The molecule has 0 radical (unpaired) electrons. The van der Waals surface area contributed by atoms with Gasteiger partial charge in [-0.05, 0) is 38.7 Å². The third kappa shape index (κ3) is 4.41. The minimum absolute atomic E-state index is 0.122. The molecule has 35 heavy (non-hydrogen) atoms. The van der Waals surface area contributed by atoms with Gasteiger partial charge < -0.3 is 20.7 Å². The minimum Gasteiger partial charge on any atom is -0.494 e. The lowest BCUT2D eigenvalue weighted by molar-refractivity contribution is 0.0566. The molecule has 1 aliphatic rings. The summed E-state index contributed by atoms with van der Waals surface area (Å²) in [6.07, 6.45) is 6.22. The van der Waals surface area contributed by atoms with Crippen LogP contribution in [0.25, 0.3) is 16.6 Å². The molecule has 186 valence electrons. The van der Waals surface area contributed by atoms with Crippen LogP contribution in [-0.4, -0.2) is 52.3 Å². The summed E-state index contributed by atoms with van der Waals surface area (Å²) in [5, 5.41) is 30.8. The van der Waals surface area contributed by atoms with Crippen LogP contribution in [0.1, 0.15) is 62.9 Å². The zero-order valence-corrected chi connectivity index (χ0v) is 20.0. The number of hydrogen-bond acceptors (Lipinski definition) is 8. The van der Waals surface area contributed by atoms with Crippen LogP contribution in [0.4, 0.5) is 10.3 Å². The van der Waals surface area contributed by atoms with Gasteiger partial charge in [0, 0.05) is 23.7 Å². The molecule has 10 nitrogen and oxygen atoms in total. The van der Waals surface area contributed by atoms with E-state index in [0.717, 1.165) is 25.7 Å². The molecule has 1 aliphatic carbocycles. The van der Waals surface area contributed by atoms with Crippen molar-refractivity contribution in [3.8, 4) is 5.75 Å². The highest BCUT2D eigenvalue weighted by Crippen LogP contribution is 2.44. The molecule has 11 heteroatoms. The van der Waals surface area contributed by atoms with Crippen molar-refractivity contribution in [2.24, 2.45) is 5.92 Å². The minimum atomic E-state index is -0.916. The molecular weight excluding hydrogens is 453 g/mol. The number of nitrogens with two attached hydrogens (primary N) is 1. The molecular formula is C24H30FN7O3. The van der Waals surface area contributed by atoms with Crippen molar-refractivity contribution in [2.75, 3.05) is 12.8 Å². The van der Waals surface area contributed by atoms with Gasteiger partial charge in [0.25, 0.3) is 0 Å². The molecule has 3 heterocycles. The maximum absolute atomic E-state index is 14.3. The average Bonchev–Trinajstić information content (AvgIpc) is 3.46. The first-order valence-electron chi connectivity index (χ1n) is 11.8. The lowest BCUT2D eigenvalue weighted by Crippen LogP contribution is -2.26. The topological polar surface area (TPSA) is 137 Å². The van der Waals surface area contributed by atoms with E-state index in [4.69, 9.17) is 15.5 Å². The number of benzene rings is 1. The number of halogens is 1. The summed E-state index contributed by atoms with van der Waals surface area (Å²) >= 11 is 0. The van der Waals surface area contributed by atoms with E-state index in [-0.39, 0.29) is 23.5 Å². The van der Waals surface area contributed by atoms with Crippen LogP contribution in [0.3, 0.4) is 0 Å². The normalized spacial score (nSPS) is 19.9. The van der Waals surface area contributed by atoms with Crippen molar-refractivity contribution >= 4 is 22.5 Å². The van der Waals surface area contributed by atoms with Crippen molar-refractivity contribution < 1.29 is 19.3 Å². The SMILES string of the molecule is COc1cc(F)cc2c1nc(N)n1nc([C@@H]3CCCCC3C(O)c3cnn(CC(C)(C)O)c3)nc21. The highest BCUT2D eigenvalue weighted by molar-refractivity contribution is 5.95. The summed E-state index contributed by atoms with van der Waals surface area (Å²) in [5.74, 6) is 0.210. The van der Waals surface area contributed by atoms with Gasteiger partial charge in [0.2, 0.25) is 5.95 Å². The number of methoxy groups -OCH3 is 1. The molecule has 1 fully saturated rings. The van der Waals surface area contributed by atoms with Crippen LogP contribution in [0, 0.1) is 11.7 Å². The van der Waals surface area contributed by atoms with Crippen LogP contribution < -0.4 is 10.5 Å². The van der Waals surface area contributed by atoms with E-state index < -0.39 is 17.5 Å². The van der Waals surface area contributed by atoms with Gasteiger partial charge in [0.1, 0.15) is 17.1 Å². The van der Waals surface area contributed by atoms with Gasteiger partial charge in [-0.15, -0.1) is 5.10 Å². The molecule has 2 unspecified atom stereocenters. The number of fused-ring (bicyclic) bond motifs is 3. The molecule has 1 saturated carbocycles. The number of aromatic nitrogens is 6. The Bertz CT molecular complexity index is 1380. The largest absolute Gasteiger partial charge is 0.494 e. The Hall–Kier alpha value is -3.31. The number of nitrogen functional groups attached to an aromatic ring is 1. The number of aliphatic hydroxyl groups is 2. The van der Waals surface area contributed by atoms with E-state index in [2.05, 4.69) is 15.2 Å². The quantitative estimate of drug-likeness (QED) is 0.381. The van der Waals surface area contributed by atoms with E-state index in [0.29, 0.717) is 34.5 Å². The number of aliphatic hydroxyl groups excluding tert-OH is 1. The monoisotopic (exact) mass is 483 g/mol. The Balaban J connectivity index is 1.53. The van der Waals surface area contributed by atoms with E-state index in [1.54, 1.807) is 30.9 Å². The summed E-state index contributed by atoms with van der Waals surface area (Å²) in [5.41, 5.74) is 6.77. The number of anilines is 1. The number of hydrogen-bond donors (Lipinski definition) is 3. The standard InChI is InChI=1S/C24H30FN7O3/c1-24(2,34)12-31-11-13(10-27-31)20(33)15-6-4-5-7-16(15)21-29-22-17-8-14(25)9-18(35-3)19(17)28-23(26)32(22)30-21/h8-11,15-16,20,33-34H,4-7,12H2,1-3H3,(H2,26,28)/t15?,16-,20?/m1/s1. The highest BCUT2D eigenvalue weighted by Gasteiger charge is 2.36. The van der Waals surface area contributed by atoms with Crippen molar-refractivity contribution in [3.63, 3.8) is 0 Å². The molecule has 0 saturated heterocycles. The highest BCUT2D eigenvalue weighted by atomic mass is 19.1. The molecule has 5 rings (SSSR count). The lowest BCUT2D eigenvalue weighted by Gasteiger charge is -2.32. The number of rotatable bonds is 6. The third-order valence-electron chi connectivity index (χ3n) is 6.67. The molecule has 1 aromatic carbocycles. The zero-order valence-electron chi connectivity index (χ0n) is 20.0. The number of ether oxygens (including phenoxy) is 1. The maximum atomic E-state index is 14.3. The van der Waals surface area contributed by atoms with Crippen LogP contribution in [-0.2, 0) is 6.54 Å². The maximum Gasteiger partial charge on any atom is 0.223 e. The fraction of sp³-hybridized carbons (Fsp3) is 0.500. The van der Waals surface area contributed by atoms with Gasteiger partial charge in [-0.25, -0.2) is 14.4 Å². The predicted molar refractivity (Wildman–Crippen MR) is 127 cm³/mol. The fourth-order valence-electron chi connectivity index (χ4n) is 5.12. The van der Waals surface area contributed by atoms with Gasteiger partial charge in [0.05, 0.1) is 36.9 Å². The van der Waals surface area contributed by atoms with E-state index in [1.165, 1.54) is 23.8 Å². The molecule has 0 aliphatic heterocycles. The summed E-state index contributed by atoms with van der Waals surface area (Å²) in [6, 6.07) is 2.61. The van der Waals surface area contributed by atoms with E-state index in [9.17, 15) is 14.6 Å². The first-order chi connectivity index (χ1) is 16.6. The average molecular weight is 484 g/mol. The van der Waals surface area contributed by atoms with Crippen molar-refractivity contribution in [2.45, 2.75) is 63.7 Å². The Kier molecular flexibility index (Phi) is 5.84. The first-order valence-corrected chi connectivity index (χ1v) is 11.8. The van der Waals surface area contributed by atoms with E-state index >= 15 is 0 Å². The zero-order chi connectivity index (χ0) is 24.9. The Labute approximate surface area is 201 Å². The van der Waals surface area contributed by atoms with Gasteiger partial charge in [-0.2, -0.15) is 9.61 Å². The Morgan fingerprint density at radius 2 is 2.03 bits per heavy atom. The summed E-state index contributed by atoms with van der Waals surface area (Å²) < 4.78 is 22.6. The molecule has 3 atom stereocenters. The Morgan fingerprint density at radius 1 is 1.26 bits per heavy atom. The second kappa shape index (κ2) is 8.72. The second-order valence-electron chi connectivity index (χ2n) is 9.96. The van der Waals surface area contributed by atoms with E-state index in [1.807, 2.05) is 0 Å². The predicted octanol–water partition coefficient (Wildman–Crippen LogP) is 2.98. The molecule has 4 N–H and O–H groups in total. The summed E-state index contributed by atoms with van der Waals surface area (Å²) in [6.45, 7) is 3.74. The van der Waals surface area contributed by atoms with Crippen LogP contribution in [0.2, 0.25) is 0 Å².